The fourth-order valence-electron chi connectivity index (χ4n) is 2.44. The third-order valence-electron chi connectivity index (χ3n) is 3.31. The molecule has 1 aliphatic heterocycles. The molecular weight excluding hydrogens is 298 g/mol. The second-order valence-electron chi connectivity index (χ2n) is 5.18. The maximum Gasteiger partial charge on any atom is 0.338 e. The molecule has 1 heterocycles. The van der Waals surface area contributed by atoms with E-state index < -0.39 is 10.9 Å². The average molecular weight is 314 g/mol. The van der Waals surface area contributed by atoms with Crippen molar-refractivity contribution in [3.05, 3.63) is 38.9 Å². The van der Waals surface area contributed by atoms with Gasteiger partial charge in [-0.1, -0.05) is 11.6 Å². The van der Waals surface area contributed by atoms with Gasteiger partial charge in [0.15, 0.2) is 0 Å². The summed E-state index contributed by atoms with van der Waals surface area (Å²) in [5.41, 5.74) is -0.183. The molecule has 0 spiro atoms. The Morgan fingerprint density at radius 1 is 1.38 bits per heavy atom. The van der Waals surface area contributed by atoms with E-state index in [0.29, 0.717) is 12.8 Å². The molecule has 7 heteroatoms. The summed E-state index contributed by atoms with van der Waals surface area (Å²) in [6, 6.07) is 3.88. The number of esters is 1. The van der Waals surface area contributed by atoms with Crippen molar-refractivity contribution >= 4 is 23.3 Å². The van der Waals surface area contributed by atoms with Gasteiger partial charge in [0.2, 0.25) is 0 Å². The van der Waals surface area contributed by atoms with Crippen molar-refractivity contribution in [2.45, 2.75) is 45.0 Å². The van der Waals surface area contributed by atoms with Crippen molar-refractivity contribution in [3.8, 4) is 0 Å². The minimum absolute atomic E-state index is 0.00939. The highest BCUT2D eigenvalue weighted by Crippen LogP contribution is 2.27. The molecule has 0 aromatic heterocycles. The lowest BCUT2D eigenvalue weighted by atomic mass is 10.0. The number of rotatable bonds is 3. The Labute approximate surface area is 127 Å². The van der Waals surface area contributed by atoms with Gasteiger partial charge in [-0.3, -0.25) is 10.1 Å². The molecule has 0 N–H and O–H groups in total. The Kier molecular flexibility index (Phi) is 4.80. The fourth-order valence-corrected chi connectivity index (χ4v) is 2.63. The Bertz CT molecular complexity index is 552. The van der Waals surface area contributed by atoms with Crippen LogP contribution in [0.2, 0.25) is 5.02 Å². The molecule has 6 nitrogen and oxygen atoms in total. The van der Waals surface area contributed by atoms with E-state index in [4.69, 9.17) is 21.1 Å². The fraction of sp³-hybridized carbons (Fsp3) is 0.500. The number of halogens is 1. The summed E-state index contributed by atoms with van der Waals surface area (Å²) in [6.45, 7) is 3.84. The maximum atomic E-state index is 12.1. The second kappa shape index (κ2) is 6.41. The monoisotopic (exact) mass is 313 g/mol. The van der Waals surface area contributed by atoms with Gasteiger partial charge in [-0.2, -0.15) is 0 Å². The number of ether oxygens (including phenoxy) is 2. The van der Waals surface area contributed by atoms with E-state index in [1.807, 2.05) is 13.8 Å². The number of benzene rings is 1. The summed E-state index contributed by atoms with van der Waals surface area (Å²) in [5.74, 6) is -0.582. The molecular formula is C14H16ClNO5. The van der Waals surface area contributed by atoms with Crippen LogP contribution in [-0.2, 0) is 9.47 Å². The van der Waals surface area contributed by atoms with Gasteiger partial charge in [0, 0.05) is 18.9 Å². The Hall–Kier alpha value is -1.66. The standard InChI is InChI=1S/C14H16ClNO5/c1-8-5-11(6-9(2)20-8)21-14(17)10-3-4-12(15)13(7-10)16(18)19/h3-4,7-9,11H,5-6H2,1-2H3. The highest BCUT2D eigenvalue weighted by molar-refractivity contribution is 6.32. The normalized spacial score (nSPS) is 25.4. The van der Waals surface area contributed by atoms with Crippen LogP contribution in [0.5, 0.6) is 0 Å². The Morgan fingerprint density at radius 2 is 2.00 bits per heavy atom. The number of nitro groups is 1. The highest BCUT2D eigenvalue weighted by Gasteiger charge is 2.28. The van der Waals surface area contributed by atoms with Crippen LogP contribution in [0.3, 0.4) is 0 Å². The summed E-state index contributed by atoms with van der Waals surface area (Å²) in [7, 11) is 0. The van der Waals surface area contributed by atoms with Crippen LogP contribution >= 0.6 is 11.6 Å². The van der Waals surface area contributed by atoms with E-state index in [1.165, 1.54) is 12.1 Å². The van der Waals surface area contributed by atoms with Crippen LogP contribution in [0.25, 0.3) is 0 Å². The maximum absolute atomic E-state index is 12.1. The van der Waals surface area contributed by atoms with Crippen LogP contribution in [0.1, 0.15) is 37.0 Å². The number of hydrogen-bond donors (Lipinski definition) is 0. The van der Waals surface area contributed by atoms with Crippen LogP contribution in [-0.4, -0.2) is 29.2 Å². The van der Waals surface area contributed by atoms with E-state index in [0.717, 1.165) is 6.07 Å². The van der Waals surface area contributed by atoms with Crippen molar-refractivity contribution in [2.24, 2.45) is 0 Å². The van der Waals surface area contributed by atoms with Crippen molar-refractivity contribution < 1.29 is 19.2 Å². The second-order valence-corrected chi connectivity index (χ2v) is 5.59. The van der Waals surface area contributed by atoms with E-state index in [2.05, 4.69) is 0 Å². The predicted octanol–water partition coefficient (Wildman–Crippen LogP) is 3.36. The molecule has 2 unspecified atom stereocenters. The first kappa shape index (κ1) is 15.7. The molecule has 1 aromatic rings. The first-order chi connectivity index (χ1) is 9.86. The van der Waals surface area contributed by atoms with Crippen molar-refractivity contribution in [1.29, 1.82) is 0 Å². The number of carbonyl (C=O) groups is 1. The summed E-state index contributed by atoms with van der Waals surface area (Å²) in [4.78, 5) is 22.3. The Balaban J connectivity index is 2.10. The summed E-state index contributed by atoms with van der Waals surface area (Å²) in [5, 5.41) is 10.8. The molecule has 1 saturated heterocycles. The minimum atomic E-state index is -0.627. The van der Waals surface area contributed by atoms with Gasteiger partial charge in [-0.15, -0.1) is 0 Å². The van der Waals surface area contributed by atoms with Crippen molar-refractivity contribution in [2.75, 3.05) is 0 Å². The van der Waals surface area contributed by atoms with Crippen LogP contribution < -0.4 is 0 Å². The highest BCUT2D eigenvalue weighted by atomic mass is 35.5. The average Bonchev–Trinajstić information content (AvgIpc) is 2.37. The number of carbonyl (C=O) groups excluding carboxylic acids is 1. The van der Waals surface area contributed by atoms with E-state index in [9.17, 15) is 14.9 Å². The van der Waals surface area contributed by atoms with Gasteiger partial charge in [0.25, 0.3) is 5.69 Å². The van der Waals surface area contributed by atoms with Crippen LogP contribution in [0.15, 0.2) is 18.2 Å². The predicted molar refractivity (Wildman–Crippen MR) is 76.6 cm³/mol. The zero-order valence-corrected chi connectivity index (χ0v) is 12.5. The van der Waals surface area contributed by atoms with Gasteiger partial charge in [0.05, 0.1) is 22.7 Å². The lowest BCUT2D eigenvalue weighted by Gasteiger charge is -2.31. The van der Waals surface area contributed by atoms with E-state index >= 15 is 0 Å². The lowest BCUT2D eigenvalue weighted by molar-refractivity contribution is -0.384. The number of nitrogens with zero attached hydrogens (tertiary/aromatic N) is 1. The summed E-state index contributed by atoms with van der Waals surface area (Å²) >= 11 is 5.72. The topological polar surface area (TPSA) is 78.7 Å². The van der Waals surface area contributed by atoms with Crippen molar-refractivity contribution in [1.82, 2.24) is 0 Å². The molecule has 0 bridgehead atoms. The van der Waals surface area contributed by atoms with Gasteiger partial charge >= 0.3 is 5.97 Å². The van der Waals surface area contributed by atoms with Crippen LogP contribution in [0, 0.1) is 10.1 Å². The van der Waals surface area contributed by atoms with Crippen molar-refractivity contribution in [3.63, 3.8) is 0 Å². The molecule has 1 aliphatic rings. The van der Waals surface area contributed by atoms with Gasteiger partial charge in [0.1, 0.15) is 11.1 Å². The zero-order chi connectivity index (χ0) is 15.6. The largest absolute Gasteiger partial charge is 0.459 e. The summed E-state index contributed by atoms with van der Waals surface area (Å²) in [6.07, 6.45) is 1.03. The van der Waals surface area contributed by atoms with Gasteiger partial charge in [-0.25, -0.2) is 4.79 Å². The molecule has 0 amide bonds. The van der Waals surface area contributed by atoms with Crippen LogP contribution in [0.4, 0.5) is 5.69 Å². The molecule has 0 aliphatic carbocycles. The zero-order valence-electron chi connectivity index (χ0n) is 11.7. The number of nitro benzene ring substituents is 1. The molecule has 114 valence electrons. The molecule has 2 rings (SSSR count). The molecule has 1 fully saturated rings. The minimum Gasteiger partial charge on any atom is -0.459 e. The molecule has 2 atom stereocenters. The van der Waals surface area contributed by atoms with E-state index in [1.54, 1.807) is 0 Å². The third kappa shape index (κ3) is 3.92. The first-order valence-corrected chi connectivity index (χ1v) is 7.05. The molecule has 0 saturated carbocycles. The van der Waals surface area contributed by atoms with E-state index in [-0.39, 0.29) is 34.6 Å². The quantitative estimate of drug-likeness (QED) is 0.485. The lowest BCUT2D eigenvalue weighted by Crippen LogP contribution is -2.35. The van der Waals surface area contributed by atoms with Gasteiger partial charge in [-0.05, 0) is 26.0 Å². The third-order valence-corrected chi connectivity index (χ3v) is 3.63. The molecule has 1 aromatic carbocycles. The molecule has 0 radical (unpaired) electrons. The first-order valence-electron chi connectivity index (χ1n) is 6.67. The SMILES string of the molecule is CC1CC(OC(=O)c2ccc(Cl)c([N+](=O)[O-])c2)CC(C)O1. The summed E-state index contributed by atoms with van der Waals surface area (Å²) < 4.78 is 11.0. The van der Waals surface area contributed by atoms with Gasteiger partial charge < -0.3 is 9.47 Å². The Morgan fingerprint density at radius 3 is 2.57 bits per heavy atom. The number of hydrogen-bond acceptors (Lipinski definition) is 5. The molecule has 21 heavy (non-hydrogen) atoms. The smallest absolute Gasteiger partial charge is 0.338 e.